The van der Waals surface area contributed by atoms with E-state index >= 15 is 0 Å². The average Bonchev–Trinajstić information content (AvgIpc) is 2.35. The molecule has 0 fully saturated rings. The summed E-state index contributed by atoms with van der Waals surface area (Å²) in [6.45, 7) is 4.75. The van der Waals surface area contributed by atoms with E-state index in [1.807, 2.05) is 6.07 Å². The van der Waals surface area contributed by atoms with Crippen LogP contribution < -0.4 is 16.4 Å². The van der Waals surface area contributed by atoms with Gasteiger partial charge in [-0.25, -0.2) is 9.97 Å². The fraction of sp³-hybridized carbons (Fsp3) is 0.692. The van der Waals surface area contributed by atoms with Gasteiger partial charge in [-0.3, -0.25) is 0 Å². The Morgan fingerprint density at radius 3 is 2.74 bits per heavy atom. The number of hydrogen-bond donors (Lipinski definition) is 3. The zero-order valence-electron chi connectivity index (χ0n) is 12.2. The molecule has 1 aromatic heterocycles. The fourth-order valence-corrected chi connectivity index (χ4v) is 1.72. The van der Waals surface area contributed by atoms with Gasteiger partial charge in [-0.05, 0) is 47.0 Å². The maximum Gasteiger partial charge on any atom is 0.131 e. The van der Waals surface area contributed by atoms with Crippen molar-refractivity contribution in [2.45, 2.75) is 25.8 Å². The van der Waals surface area contributed by atoms with Crippen LogP contribution >= 0.6 is 0 Å². The number of anilines is 2. The molecule has 1 aromatic rings. The smallest absolute Gasteiger partial charge is 0.131 e. The lowest BCUT2D eigenvalue weighted by atomic mass is 10.2. The molecule has 0 aliphatic carbocycles. The van der Waals surface area contributed by atoms with Crippen LogP contribution in [0.1, 0.15) is 19.8 Å². The predicted molar refractivity (Wildman–Crippen MR) is 80.4 cm³/mol. The Kier molecular flexibility index (Phi) is 7.14. The molecule has 0 bridgehead atoms. The summed E-state index contributed by atoms with van der Waals surface area (Å²) in [5.41, 5.74) is 5.53. The fourth-order valence-electron chi connectivity index (χ4n) is 1.72. The highest BCUT2D eigenvalue weighted by molar-refractivity contribution is 5.46. The van der Waals surface area contributed by atoms with Gasteiger partial charge in [0.25, 0.3) is 0 Å². The lowest BCUT2D eigenvalue weighted by molar-refractivity contribution is 0.405. The first kappa shape index (κ1) is 15.7. The number of nitrogens with two attached hydrogens (primary N) is 1. The van der Waals surface area contributed by atoms with Crippen LogP contribution in [0.3, 0.4) is 0 Å². The molecule has 6 nitrogen and oxygen atoms in total. The second-order valence-electron chi connectivity index (χ2n) is 4.99. The highest BCUT2D eigenvalue weighted by Gasteiger charge is 2.03. The topological polar surface area (TPSA) is 79.1 Å². The molecule has 0 aliphatic heterocycles. The van der Waals surface area contributed by atoms with Gasteiger partial charge in [0.1, 0.15) is 18.0 Å². The van der Waals surface area contributed by atoms with Crippen LogP contribution in [0.25, 0.3) is 0 Å². The molecular formula is C13H26N6. The van der Waals surface area contributed by atoms with Crippen LogP contribution in [0, 0.1) is 0 Å². The summed E-state index contributed by atoms with van der Waals surface area (Å²) in [4.78, 5) is 10.6. The highest BCUT2D eigenvalue weighted by atomic mass is 15.1. The SMILES string of the molecule is CC(CCN)Nc1cc(NCCCN(C)C)ncn1. The molecule has 0 amide bonds. The van der Waals surface area contributed by atoms with Gasteiger partial charge < -0.3 is 21.3 Å². The van der Waals surface area contributed by atoms with Crippen molar-refractivity contribution in [1.29, 1.82) is 0 Å². The monoisotopic (exact) mass is 266 g/mol. The van der Waals surface area contributed by atoms with Crippen LogP contribution in [-0.4, -0.2) is 54.6 Å². The predicted octanol–water partition coefficient (Wildman–Crippen LogP) is 0.989. The number of hydrogen-bond acceptors (Lipinski definition) is 6. The van der Waals surface area contributed by atoms with Gasteiger partial charge in [-0.1, -0.05) is 0 Å². The van der Waals surface area contributed by atoms with Crippen LogP contribution in [0.15, 0.2) is 12.4 Å². The van der Waals surface area contributed by atoms with Crippen molar-refractivity contribution in [3.8, 4) is 0 Å². The van der Waals surface area contributed by atoms with Crippen molar-refractivity contribution in [3.63, 3.8) is 0 Å². The number of rotatable bonds is 9. The van der Waals surface area contributed by atoms with Crippen LogP contribution in [0.4, 0.5) is 11.6 Å². The zero-order chi connectivity index (χ0) is 14.1. The molecule has 0 spiro atoms. The lowest BCUT2D eigenvalue weighted by Gasteiger charge is -2.14. The van der Waals surface area contributed by atoms with Crippen LogP contribution in [-0.2, 0) is 0 Å². The Balaban J connectivity index is 2.39. The molecule has 4 N–H and O–H groups in total. The van der Waals surface area contributed by atoms with Crippen LogP contribution in [0.5, 0.6) is 0 Å². The van der Waals surface area contributed by atoms with E-state index in [1.165, 1.54) is 0 Å². The van der Waals surface area contributed by atoms with Crippen molar-refractivity contribution < 1.29 is 0 Å². The summed E-state index contributed by atoms with van der Waals surface area (Å²) in [6.07, 6.45) is 3.59. The van der Waals surface area contributed by atoms with Crippen LogP contribution in [0.2, 0.25) is 0 Å². The van der Waals surface area contributed by atoms with Crippen molar-refractivity contribution >= 4 is 11.6 Å². The van der Waals surface area contributed by atoms with E-state index in [0.717, 1.165) is 37.6 Å². The normalized spacial score (nSPS) is 12.5. The summed E-state index contributed by atoms with van der Waals surface area (Å²) in [7, 11) is 4.15. The van der Waals surface area contributed by atoms with Gasteiger partial charge in [-0.2, -0.15) is 0 Å². The minimum absolute atomic E-state index is 0.321. The first-order chi connectivity index (χ1) is 9.11. The maximum atomic E-state index is 5.53. The third-order valence-corrected chi connectivity index (χ3v) is 2.75. The number of nitrogens with one attached hydrogen (secondary N) is 2. The summed E-state index contributed by atoms with van der Waals surface area (Å²) in [5.74, 6) is 1.70. The van der Waals surface area contributed by atoms with E-state index in [4.69, 9.17) is 5.73 Å². The lowest BCUT2D eigenvalue weighted by Crippen LogP contribution is -2.20. The molecule has 0 radical (unpaired) electrons. The van der Waals surface area contributed by atoms with Gasteiger partial charge in [0, 0.05) is 18.7 Å². The maximum absolute atomic E-state index is 5.53. The highest BCUT2D eigenvalue weighted by Crippen LogP contribution is 2.10. The third kappa shape index (κ3) is 6.93. The largest absolute Gasteiger partial charge is 0.370 e. The van der Waals surface area contributed by atoms with E-state index < -0.39 is 0 Å². The summed E-state index contributed by atoms with van der Waals surface area (Å²) >= 11 is 0. The molecule has 0 aliphatic rings. The molecule has 0 saturated carbocycles. The minimum atomic E-state index is 0.321. The molecule has 0 saturated heterocycles. The molecule has 1 rings (SSSR count). The number of aromatic nitrogens is 2. The molecule has 1 heterocycles. The first-order valence-corrected chi connectivity index (χ1v) is 6.79. The van der Waals surface area contributed by atoms with E-state index in [1.54, 1.807) is 6.33 Å². The Hall–Kier alpha value is -1.40. The average molecular weight is 266 g/mol. The molecule has 0 aromatic carbocycles. The van der Waals surface area contributed by atoms with Gasteiger partial charge >= 0.3 is 0 Å². The van der Waals surface area contributed by atoms with Crippen molar-refractivity contribution in [1.82, 2.24) is 14.9 Å². The van der Waals surface area contributed by atoms with Gasteiger partial charge in [-0.15, -0.1) is 0 Å². The second-order valence-corrected chi connectivity index (χ2v) is 4.99. The summed E-state index contributed by atoms with van der Waals surface area (Å²) in [6, 6.07) is 2.25. The Morgan fingerprint density at radius 1 is 1.32 bits per heavy atom. The molecule has 19 heavy (non-hydrogen) atoms. The minimum Gasteiger partial charge on any atom is -0.370 e. The summed E-state index contributed by atoms with van der Waals surface area (Å²) in [5, 5.41) is 6.62. The summed E-state index contributed by atoms with van der Waals surface area (Å²) < 4.78 is 0. The van der Waals surface area contributed by atoms with Gasteiger partial charge in [0.05, 0.1) is 0 Å². The first-order valence-electron chi connectivity index (χ1n) is 6.79. The second kappa shape index (κ2) is 8.66. The molecular weight excluding hydrogens is 240 g/mol. The molecule has 1 atom stereocenters. The van der Waals surface area contributed by atoms with Crippen molar-refractivity contribution in [3.05, 3.63) is 12.4 Å². The standard InChI is InChI=1S/C13H26N6/c1-11(5-6-14)18-13-9-12(16-10-17-13)15-7-4-8-19(2)3/h9-11H,4-8,14H2,1-3H3,(H2,15,16,17,18). The van der Waals surface area contributed by atoms with E-state index in [9.17, 15) is 0 Å². The van der Waals surface area contributed by atoms with Crippen molar-refractivity contribution in [2.75, 3.05) is 44.4 Å². The van der Waals surface area contributed by atoms with E-state index in [-0.39, 0.29) is 0 Å². The zero-order valence-corrected chi connectivity index (χ0v) is 12.2. The van der Waals surface area contributed by atoms with Gasteiger partial charge in [0.2, 0.25) is 0 Å². The number of nitrogens with zero attached hydrogens (tertiary/aromatic N) is 3. The Morgan fingerprint density at radius 2 is 2.05 bits per heavy atom. The van der Waals surface area contributed by atoms with E-state index in [2.05, 4.69) is 46.5 Å². The molecule has 6 heteroatoms. The Labute approximate surface area is 115 Å². The van der Waals surface area contributed by atoms with Gasteiger partial charge in [0.15, 0.2) is 0 Å². The molecule has 1 unspecified atom stereocenters. The quantitative estimate of drug-likeness (QED) is 0.579. The Bertz CT molecular complexity index is 355. The molecule has 108 valence electrons. The third-order valence-electron chi connectivity index (χ3n) is 2.75. The van der Waals surface area contributed by atoms with E-state index in [0.29, 0.717) is 12.6 Å². The van der Waals surface area contributed by atoms with Crippen molar-refractivity contribution in [2.24, 2.45) is 5.73 Å².